The molecular formula is C32H49NO6. The first kappa shape index (κ1) is 32.6. The molecule has 2 aliphatic rings. The van der Waals surface area contributed by atoms with Gasteiger partial charge in [0.1, 0.15) is 12.2 Å². The minimum absolute atomic E-state index is 0.130. The zero-order chi connectivity index (χ0) is 29.0. The van der Waals surface area contributed by atoms with Crippen molar-refractivity contribution in [3.63, 3.8) is 0 Å². The Labute approximate surface area is 234 Å². The third kappa shape index (κ3) is 10.8. The number of rotatable bonds is 5. The molecule has 0 saturated heterocycles. The van der Waals surface area contributed by atoms with Crippen LogP contribution >= 0.6 is 0 Å². The van der Waals surface area contributed by atoms with E-state index in [1.165, 1.54) is 6.42 Å². The Bertz CT molecular complexity index is 956. The lowest BCUT2D eigenvalue weighted by molar-refractivity contribution is -0.148. The summed E-state index contributed by atoms with van der Waals surface area (Å²) in [6.07, 6.45) is 18.6. The van der Waals surface area contributed by atoms with Crippen molar-refractivity contribution in [2.24, 2.45) is 23.5 Å². The Kier molecular flexibility index (Phi) is 13.2. The highest BCUT2D eigenvalue weighted by Crippen LogP contribution is 2.31. The molecule has 218 valence electrons. The minimum atomic E-state index is -0.897. The molecule has 7 heteroatoms. The zero-order valence-electron chi connectivity index (χ0n) is 24.3. The zero-order valence-corrected chi connectivity index (χ0v) is 24.3. The fourth-order valence-corrected chi connectivity index (χ4v) is 5.32. The predicted octanol–water partition coefficient (Wildman–Crippen LogP) is 6.07. The van der Waals surface area contributed by atoms with Crippen LogP contribution in [0.25, 0.3) is 0 Å². The highest BCUT2D eigenvalue weighted by atomic mass is 16.6. The number of allylic oxidation sites excluding steroid dienone is 5. The number of aliphatic hydroxyl groups is 2. The first-order chi connectivity index (χ1) is 18.4. The lowest BCUT2D eigenvalue weighted by Gasteiger charge is -2.30. The largest absolute Gasteiger partial charge is 0.457 e. The summed E-state index contributed by atoms with van der Waals surface area (Å²) in [7, 11) is 0. The number of aliphatic hydroxyl groups excluding tert-OH is 1. The molecule has 1 aliphatic heterocycles. The number of ether oxygens (including phenoxy) is 2. The number of hydrogen-bond acceptors (Lipinski definition) is 6. The molecule has 1 heterocycles. The van der Waals surface area contributed by atoms with Crippen molar-refractivity contribution in [1.82, 2.24) is 0 Å². The van der Waals surface area contributed by atoms with Crippen molar-refractivity contribution >= 4 is 12.1 Å². The number of amides is 1. The van der Waals surface area contributed by atoms with Crippen molar-refractivity contribution in [2.45, 2.75) is 110 Å². The molecule has 7 nitrogen and oxygen atoms in total. The number of hydrogen-bond donors (Lipinski definition) is 3. The lowest BCUT2D eigenvalue weighted by atomic mass is 9.82. The second-order valence-electron chi connectivity index (χ2n) is 11.4. The van der Waals surface area contributed by atoms with E-state index in [4.69, 9.17) is 15.2 Å². The molecule has 0 aromatic heterocycles. The number of esters is 1. The van der Waals surface area contributed by atoms with Crippen LogP contribution in [-0.2, 0) is 14.3 Å². The van der Waals surface area contributed by atoms with Crippen LogP contribution in [0.15, 0.2) is 59.8 Å². The van der Waals surface area contributed by atoms with Crippen molar-refractivity contribution < 1.29 is 29.3 Å². The number of cyclic esters (lactones) is 1. The van der Waals surface area contributed by atoms with Crippen molar-refractivity contribution in [1.29, 1.82) is 0 Å². The van der Waals surface area contributed by atoms with Gasteiger partial charge in [-0.3, -0.25) is 4.79 Å². The molecule has 1 saturated carbocycles. The first-order valence-electron chi connectivity index (χ1n) is 14.3. The number of carbonyl (C=O) groups is 2. The van der Waals surface area contributed by atoms with Crippen LogP contribution in [0.2, 0.25) is 0 Å². The highest BCUT2D eigenvalue weighted by molar-refractivity contribution is 5.70. The molecule has 2 rings (SSSR count). The summed E-state index contributed by atoms with van der Waals surface area (Å²) in [5.41, 5.74) is 6.54. The van der Waals surface area contributed by atoms with Gasteiger partial charge in [0, 0.05) is 24.2 Å². The van der Waals surface area contributed by atoms with Crippen LogP contribution < -0.4 is 5.73 Å². The maximum absolute atomic E-state index is 12.8. The van der Waals surface area contributed by atoms with E-state index in [2.05, 4.69) is 0 Å². The third-order valence-electron chi connectivity index (χ3n) is 8.14. The van der Waals surface area contributed by atoms with Gasteiger partial charge in [0.05, 0.1) is 11.7 Å². The van der Waals surface area contributed by atoms with Gasteiger partial charge in [-0.25, -0.2) is 4.79 Å². The Hall–Kier alpha value is -2.64. The number of nitrogens with two attached hydrogens (primary N) is 1. The van der Waals surface area contributed by atoms with Gasteiger partial charge < -0.3 is 25.4 Å². The smallest absolute Gasteiger partial charge is 0.405 e. The number of primary amides is 1. The summed E-state index contributed by atoms with van der Waals surface area (Å²) in [6, 6.07) is 0. The van der Waals surface area contributed by atoms with E-state index >= 15 is 0 Å². The van der Waals surface area contributed by atoms with Gasteiger partial charge in [-0.1, -0.05) is 88.1 Å². The molecule has 0 unspecified atom stereocenters. The first-order valence-corrected chi connectivity index (χ1v) is 14.3. The van der Waals surface area contributed by atoms with Crippen LogP contribution in [0.5, 0.6) is 0 Å². The van der Waals surface area contributed by atoms with Gasteiger partial charge in [0.25, 0.3) is 0 Å². The second kappa shape index (κ2) is 15.8. The summed E-state index contributed by atoms with van der Waals surface area (Å²) in [6.45, 7) is 9.58. The van der Waals surface area contributed by atoms with Crippen LogP contribution in [0, 0.1) is 17.8 Å². The fourth-order valence-electron chi connectivity index (χ4n) is 5.32. The molecule has 0 spiro atoms. The van der Waals surface area contributed by atoms with Crippen molar-refractivity contribution in [3.8, 4) is 0 Å². The average molecular weight is 544 g/mol. The molecule has 1 fully saturated rings. The lowest BCUT2D eigenvalue weighted by Crippen LogP contribution is -2.37. The predicted molar refractivity (Wildman–Crippen MR) is 155 cm³/mol. The molecule has 0 aromatic rings. The van der Waals surface area contributed by atoms with E-state index in [9.17, 15) is 19.8 Å². The van der Waals surface area contributed by atoms with E-state index in [1.807, 2.05) is 71.1 Å². The van der Waals surface area contributed by atoms with E-state index in [0.29, 0.717) is 12.8 Å². The maximum Gasteiger partial charge on any atom is 0.405 e. The quantitative estimate of drug-likeness (QED) is 0.220. The SMILES string of the molecule is C/C1=C\CCC(=O)O[C@H](/C(C)=C/C=C/CC2(O)CCCCC2)[C@@H](C)/C=C\C=C/[C@H](OC(N)=O)[C@@H](C)[C@@H](O)[C@@H]1C. The topological polar surface area (TPSA) is 119 Å². The van der Waals surface area contributed by atoms with Crippen LogP contribution in [0.3, 0.4) is 0 Å². The normalized spacial score (nSPS) is 34.5. The summed E-state index contributed by atoms with van der Waals surface area (Å²) in [4.78, 5) is 24.3. The van der Waals surface area contributed by atoms with Gasteiger partial charge in [0.2, 0.25) is 0 Å². The standard InChI is InChI=1S/C32H49NO6/c1-22-16-13-18-28(34)39-30(24(3)15-9-12-21-32(37)19-10-6-11-20-32)23(2)14-7-8-17-27(38-31(33)36)26(5)29(35)25(22)4/h7-9,12,14-17,23,25-27,29-30,35,37H,6,10-11,13,18-21H2,1-5H3,(H2,33,36)/b12-9+,14-7-,17-8-,22-16+,24-15+/t23-,25+,26+,27-,29-,30-/m0/s1. The number of carbonyl (C=O) groups excluding carboxylic acids is 2. The highest BCUT2D eigenvalue weighted by Gasteiger charge is 2.30. The molecule has 0 bridgehead atoms. The minimum Gasteiger partial charge on any atom is -0.457 e. The van der Waals surface area contributed by atoms with Gasteiger partial charge in [-0.15, -0.1) is 0 Å². The van der Waals surface area contributed by atoms with Gasteiger partial charge in [-0.2, -0.15) is 0 Å². The third-order valence-corrected chi connectivity index (χ3v) is 8.14. The van der Waals surface area contributed by atoms with E-state index in [-0.39, 0.29) is 24.2 Å². The molecule has 1 amide bonds. The van der Waals surface area contributed by atoms with Crippen molar-refractivity contribution in [2.75, 3.05) is 0 Å². The molecule has 39 heavy (non-hydrogen) atoms. The van der Waals surface area contributed by atoms with Gasteiger partial charge in [-0.05, 0) is 51.2 Å². The van der Waals surface area contributed by atoms with Gasteiger partial charge in [0.15, 0.2) is 0 Å². The molecule has 0 aromatic carbocycles. The maximum atomic E-state index is 12.8. The Balaban J connectivity index is 2.26. The summed E-state index contributed by atoms with van der Waals surface area (Å²) >= 11 is 0. The Morgan fingerprint density at radius 1 is 1.18 bits per heavy atom. The van der Waals surface area contributed by atoms with E-state index in [0.717, 1.165) is 36.8 Å². The Morgan fingerprint density at radius 3 is 2.51 bits per heavy atom. The van der Waals surface area contributed by atoms with Crippen LogP contribution in [0.4, 0.5) is 4.79 Å². The van der Waals surface area contributed by atoms with E-state index < -0.39 is 35.9 Å². The monoisotopic (exact) mass is 543 g/mol. The van der Waals surface area contributed by atoms with Crippen LogP contribution in [-0.4, -0.2) is 46.2 Å². The molecule has 4 N–H and O–H groups in total. The van der Waals surface area contributed by atoms with Crippen LogP contribution in [0.1, 0.15) is 86.0 Å². The van der Waals surface area contributed by atoms with Crippen molar-refractivity contribution in [3.05, 3.63) is 59.8 Å². The summed E-state index contributed by atoms with van der Waals surface area (Å²) in [5.74, 6) is -1.01. The van der Waals surface area contributed by atoms with Gasteiger partial charge >= 0.3 is 12.1 Å². The molecular weight excluding hydrogens is 494 g/mol. The fraction of sp³-hybridized carbons (Fsp3) is 0.625. The summed E-state index contributed by atoms with van der Waals surface area (Å²) in [5, 5.41) is 21.7. The average Bonchev–Trinajstić information content (AvgIpc) is 2.89. The molecule has 1 aliphatic carbocycles. The Morgan fingerprint density at radius 2 is 1.85 bits per heavy atom. The molecule has 0 radical (unpaired) electrons. The summed E-state index contributed by atoms with van der Waals surface area (Å²) < 4.78 is 11.2. The molecule has 6 atom stereocenters. The second-order valence-corrected chi connectivity index (χ2v) is 11.4. The van der Waals surface area contributed by atoms with E-state index in [1.54, 1.807) is 12.2 Å².